The number of aliphatic hydroxyl groups is 1. The molecule has 0 amide bonds. The summed E-state index contributed by atoms with van der Waals surface area (Å²) < 4.78 is 5.07. The van der Waals surface area contributed by atoms with E-state index in [9.17, 15) is 4.79 Å². The first-order chi connectivity index (χ1) is 24.9. The molecular formula is C48H78ClNO3. The number of aliphatic hydroxyl groups excluding tert-OH is 1. The molecule has 0 fully saturated rings. The molecule has 1 aliphatic carbocycles. The summed E-state index contributed by atoms with van der Waals surface area (Å²) in [6.07, 6.45) is 16.1. The minimum absolute atomic E-state index is 0.119. The molecule has 4 nitrogen and oxygen atoms in total. The number of methoxy groups -OCH3 is 1. The van der Waals surface area contributed by atoms with E-state index in [0.29, 0.717) is 35.5 Å². The number of ether oxygens (including phenoxy) is 1. The lowest BCUT2D eigenvalue weighted by molar-refractivity contribution is -0.112. The molecule has 5 heteroatoms. The van der Waals surface area contributed by atoms with Gasteiger partial charge in [-0.2, -0.15) is 0 Å². The van der Waals surface area contributed by atoms with Crippen molar-refractivity contribution in [1.82, 2.24) is 5.32 Å². The van der Waals surface area contributed by atoms with Crippen LogP contribution >= 0.6 is 11.6 Å². The third-order valence-corrected chi connectivity index (χ3v) is 9.41. The number of nitrogens with one attached hydrogen (secondary N) is 1. The second-order valence-electron chi connectivity index (χ2n) is 15.2. The zero-order valence-corrected chi connectivity index (χ0v) is 36.7. The molecule has 0 spiro atoms. The van der Waals surface area contributed by atoms with Gasteiger partial charge in [-0.15, -0.1) is 11.6 Å². The van der Waals surface area contributed by atoms with E-state index < -0.39 is 0 Å². The number of halogens is 1. The van der Waals surface area contributed by atoms with Gasteiger partial charge in [0, 0.05) is 12.2 Å². The van der Waals surface area contributed by atoms with E-state index in [1.807, 2.05) is 81.5 Å². The molecule has 0 aromatic heterocycles. The smallest absolute Gasteiger partial charge is 0.152 e. The predicted molar refractivity (Wildman–Crippen MR) is 235 cm³/mol. The van der Waals surface area contributed by atoms with Crippen molar-refractivity contribution in [2.24, 2.45) is 35.5 Å². The highest BCUT2D eigenvalue weighted by atomic mass is 35.5. The summed E-state index contributed by atoms with van der Waals surface area (Å²) in [6.45, 7) is 39.1. The molecule has 0 radical (unpaired) electrons. The van der Waals surface area contributed by atoms with E-state index in [4.69, 9.17) is 21.4 Å². The zero-order valence-electron chi connectivity index (χ0n) is 36.0. The van der Waals surface area contributed by atoms with Crippen LogP contribution in [0, 0.1) is 35.5 Å². The largest absolute Gasteiger partial charge is 0.499 e. The lowest BCUT2D eigenvalue weighted by Crippen LogP contribution is -2.24. The lowest BCUT2D eigenvalue weighted by Gasteiger charge is -2.29. The number of allylic oxidation sites excluding steroid dienone is 9. The van der Waals surface area contributed by atoms with Gasteiger partial charge in [0.05, 0.1) is 13.2 Å². The number of hydrogen-bond acceptors (Lipinski definition) is 4. The minimum atomic E-state index is -0.234. The summed E-state index contributed by atoms with van der Waals surface area (Å²) in [6, 6.07) is 9.99. The molecule has 0 saturated carbocycles. The fourth-order valence-electron chi connectivity index (χ4n) is 5.45. The zero-order chi connectivity index (χ0) is 41.1. The Kier molecular flexibility index (Phi) is 29.7. The van der Waals surface area contributed by atoms with Crippen molar-refractivity contribution in [1.29, 1.82) is 0 Å². The summed E-state index contributed by atoms with van der Waals surface area (Å²) >= 11 is 5.94. The SMILES string of the molecule is C=C(NCC(C)C(=C)CC(CC(C)C)C(=C)C[C@@H](C/C=C/C(C)=O)C(C)C)C(C)C.CC.CC(O)Cc1ccccc1.COC1=CC=C(C)C=CC1Cl. The van der Waals surface area contributed by atoms with Crippen molar-refractivity contribution in [2.75, 3.05) is 13.7 Å². The summed E-state index contributed by atoms with van der Waals surface area (Å²) in [5.74, 6) is 3.94. The molecule has 0 saturated heterocycles. The number of hydrogen-bond donors (Lipinski definition) is 2. The number of benzene rings is 1. The standard InChI is InChI=1S/C28H49NO.C9H11ClO.C9H12O.C2H6/c1-19(2)15-28(16-22(7)24(9)18-29-26(11)20(3)4)23(8)17-27(21(5)6)14-12-13-25(10)30;1-7-3-5-8(10)9(11-2)6-4-7;1-8(10)7-9-5-3-2-4-6-9;1-2/h12-13,19-21,24,27-29H,7-8,11,14-18H2,1-6,9-10H3;3-6,8H,1-2H3;2-6,8,10H,7H2,1H3;1-2H3/b13-12+;;;/t24?,27-,28?;;;/m1.../s1. The summed E-state index contributed by atoms with van der Waals surface area (Å²) in [4.78, 5) is 11.2. The maximum atomic E-state index is 11.2. The Hall–Kier alpha value is -3.08. The van der Waals surface area contributed by atoms with E-state index in [1.165, 1.54) is 22.3 Å². The van der Waals surface area contributed by atoms with E-state index in [2.05, 4.69) is 73.5 Å². The molecule has 2 rings (SSSR count). The molecular weight excluding hydrogens is 674 g/mol. The van der Waals surface area contributed by atoms with Gasteiger partial charge in [-0.1, -0.05) is 153 Å². The average Bonchev–Trinajstić information content (AvgIpc) is 3.26. The van der Waals surface area contributed by atoms with E-state index in [1.54, 1.807) is 27.0 Å². The Labute approximate surface area is 332 Å². The van der Waals surface area contributed by atoms with Crippen LogP contribution in [0.4, 0.5) is 0 Å². The van der Waals surface area contributed by atoms with E-state index >= 15 is 0 Å². The Morgan fingerprint density at radius 3 is 2.06 bits per heavy atom. The second kappa shape index (κ2) is 30.3. The summed E-state index contributed by atoms with van der Waals surface area (Å²) in [7, 11) is 1.63. The first kappa shape index (κ1) is 52.0. The minimum Gasteiger partial charge on any atom is -0.499 e. The molecule has 1 aliphatic rings. The van der Waals surface area contributed by atoms with Crippen molar-refractivity contribution in [2.45, 2.75) is 127 Å². The van der Waals surface area contributed by atoms with Gasteiger partial charge in [-0.3, -0.25) is 4.79 Å². The molecule has 0 aliphatic heterocycles. The quantitative estimate of drug-likeness (QED) is 0.0839. The second-order valence-corrected chi connectivity index (χ2v) is 15.7. The highest BCUT2D eigenvalue weighted by Crippen LogP contribution is 2.34. The maximum Gasteiger partial charge on any atom is 0.152 e. The first-order valence-corrected chi connectivity index (χ1v) is 20.2. The molecule has 0 heterocycles. The van der Waals surface area contributed by atoms with Gasteiger partial charge in [0.25, 0.3) is 0 Å². The molecule has 4 unspecified atom stereocenters. The van der Waals surface area contributed by atoms with Crippen LogP contribution < -0.4 is 5.32 Å². The third-order valence-electron chi connectivity index (χ3n) is 9.05. The number of alkyl halides is 1. The van der Waals surface area contributed by atoms with Gasteiger partial charge in [0.1, 0.15) is 11.1 Å². The molecule has 2 N–H and O–H groups in total. The predicted octanol–water partition coefficient (Wildman–Crippen LogP) is 13.0. The van der Waals surface area contributed by atoms with Crippen molar-refractivity contribution < 1.29 is 14.6 Å². The molecule has 1 aromatic rings. The van der Waals surface area contributed by atoms with Gasteiger partial charge in [0.2, 0.25) is 0 Å². The molecule has 53 heavy (non-hydrogen) atoms. The Bertz CT molecular complexity index is 1300. The molecule has 300 valence electrons. The summed E-state index contributed by atoms with van der Waals surface area (Å²) in [5.41, 5.74) is 6.10. The highest BCUT2D eigenvalue weighted by molar-refractivity contribution is 6.23. The van der Waals surface area contributed by atoms with Crippen LogP contribution in [0.15, 0.2) is 115 Å². The monoisotopic (exact) mass is 752 g/mol. The maximum absolute atomic E-state index is 11.2. The van der Waals surface area contributed by atoms with Crippen LogP contribution in [0.1, 0.15) is 114 Å². The van der Waals surface area contributed by atoms with Crippen molar-refractivity contribution in [3.8, 4) is 0 Å². The average molecular weight is 753 g/mol. The van der Waals surface area contributed by atoms with Gasteiger partial charge < -0.3 is 15.2 Å². The van der Waals surface area contributed by atoms with Crippen LogP contribution in [-0.4, -0.2) is 36.0 Å². The lowest BCUT2D eigenvalue weighted by atomic mass is 9.77. The van der Waals surface area contributed by atoms with Crippen molar-refractivity contribution in [3.05, 3.63) is 120 Å². The van der Waals surface area contributed by atoms with Crippen LogP contribution in [-0.2, 0) is 16.0 Å². The molecule has 1 aromatic carbocycles. The van der Waals surface area contributed by atoms with Crippen LogP contribution in [0.5, 0.6) is 0 Å². The van der Waals surface area contributed by atoms with Crippen molar-refractivity contribution in [3.63, 3.8) is 0 Å². The number of carbonyl (C=O) groups is 1. The first-order valence-electron chi connectivity index (χ1n) is 19.8. The highest BCUT2D eigenvalue weighted by Gasteiger charge is 2.22. The number of carbonyl (C=O) groups excluding carboxylic acids is 1. The van der Waals surface area contributed by atoms with Gasteiger partial charge in [-0.25, -0.2) is 0 Å². The number of rotatable bonds is 19. The van der Waals surface area contributed by atoms with E-state index in [0.717, 1.165) is 50.1 Å². The van der Waals surface area contributed by atoms with Crippen LogP contribution in [0.2, 0.25) is 0 Å². The Morgan fingerprint density at radius 2 is 1.57 bits per heavy atom. The van der Waals surface area contributed by atoms with Gasteiger partial charge >= 0.3 is 0 Å². The summed E-state index contributed by atoms with van der Waals surface area (Å²) in [5, 5.41) is 12.3. The fraction of sp³-hybridized carbons (Fsp3) is 0.562. The third kappa shape index (κ3) is 26.4. The fourth-order valence-corrected chi connectivity index (χ4v) is 5.68. The van der Waals surface area contributed by atoms with Crippen molar-refractivity contribution >= 4 is 17.4 Å². The number of ketones is 1. The van der Waals surface area contributed by atoms with Crippen LogP contribution in [0.3, 0.4) is 0 Å². The Balaban J connectivity index is 0. The van der Waals surface area contributed by atoms with E-state index in [-0.39, 0.29) is 17.3 Å². The Morgan fingerprint density at radius 1 is 0.962 bits per heavy atom. The normalized spacial score (nSPS) is 15.9. The van der Waals surface area contributed by atoms with Gasteiger partial charge in [0.15, 0.2) is 5.78 Å². The molecule has 0 bridgehead atoms. The molecule has 5 atom stereocenters. The van der Waals surface area contributed by atoms with Gasteiger partial charge in [-0.05, 0) is 106 Å². The van der Waals surface area contributed by atoms with Crippen LogP contribution in [0.25, 0.3) is 0 Å². The topological polar surface area (TPSA) is 58.6 Å².